The lowest BCUT2D eigenvalue weighted by Gasteiger charge is -2.28. The molecule has 17 heavy (non-hydrogen) atoms. The minimum absolute atomic E-state index is 0. The second-order valence-electron chi connectivity index (χ2n) is 4.60. The first-order valence-electron chi connectivity index (χ1n) is 5.90. The van der Waals surface area contributed by atoms with E-state index in [4.69, 9.17) is 5.84 Å². The molecule has 0 atom stereocenters. The molecule has 0 spiro atoms. The molecule has 0 aliphatic carbocycles. The smallest absolute Gasteiger partial charge is 0.0456 e. The Morgan fingerprint density at radius 1 is 1.18 bits per heavy atom. The van der Waals surface area contributed by atoms with Crippen LogP contribution in [0.3, 0.4) is 0 Å². The normalized spacial score (nSPS) is 18.2. The van der Waals surface area contributed by atoms with Crippen LogP contribution in [0.5, 0.6) is 0 Å². The lowest BCUT2D eigenvalue weighted by atomic mass is 9.90. The zero-order chi connectivity index (χ0) is 11.0. The van der Waals surface area contributed by atoms with Gasteiger partial charge in [-0.3, -0.25) is 5.84 Å². The van der Waals surface area contributed by atoms with Gasteiger partial charge in [0.2, 0.25) is 0 Å². The van der Waals surface area contributed by atoms with Crippen molar-refractivity contribution in [3.63, 3.8) is 0 Å². The van der Waals surface area contributed by atoms with E-state index in [1.165, 1.54) is 29.3 Å². The number of hydrogen-bond donors (Lipinski definition) is 2. The predicted octanol–water partition coefficient (Wildman–Crippen LogP) is 2.86. The fourth-order valence-corrected chi connectivity index (χ4v) is 2.64. The maximum atomic E-state index is 5.79. The number of para-hydroxylation sites is 1. The zero-order valence-corrected chi connectivity index (χ0v) is 9.32. The number of hydrazine groups is 1. The second-order valence-corrected chi connectivity index (χ2v) is 4.60. The molecule has 1 fully saturated rings. The van der Waals surface area contributed by atoms with Crippen LogP contribution < -0.4 is 5.84 Å². The number of nitrogens with two attached hydrogens (primary N) is 1. The van der Waals surface area contributed by atoms with Crippen LogP contribution in [0.15, 0.2) is 30.5 Å². The van der Waals surface area contributed by atoms with Crippen molar-refractivity contribution in [2.75, 3.05) is 13.1 Å². The lowest BCUT2D eigenvalue weighted by molar-refractivity contribution is 0.218. The first-order chi connectivity index (χ1) is 7.84. The van der Waals surface area contributed by atoms with Gasteiger partial charge in [0.1, 0.15) is 0 Å². The van der Waals surface area contributed by atoms with Gasteiger partial charge in [-0.1, -0.05) is 25.6 Å². The van der Waals surface area contributed by atoms with E-state index in [-0.39, 0.29) is 7.43 Å². The van der Waals surface area contributed by atoms with Gasteiger partial charge in [-0.2, -0.15) is 0 Å². The van der Waals surface area contributed by atoms with Crippen LogP contribution in [0.4, 0.5) is 0 Å². The van der Waals surface area contributed by atoms with E-state index in [1.54, 1.807) is 0 Å². The second kappa shape index (κ2) is 4.90. The van der Waals surface area contributed by atoms with Crippen molar-refractivity contribution < 1.29 is 0 Å². The number of rotatable bonds is 1. The van der Waals surface area contributed by atoms with Crippen molar-refractivity contribution in [2.45, 2.75) is 26.2 Å². The number of benzene rings is 1. The number of H-pyrrole nitrogens is 1. The summed E-state index contributed by atoms with van der Waals surface area (Å²) in [5, 5.41) is 3.30. The Bertz CT molecular complexity index is 481. The zero-order valence-electron chi connectivity index (χ0n) is 9.32. The molecular formula is C14H21N3. The highest BCUT2D eigenvalue weighted by Gasteiger charge is 2.20. The average Bonchev–Trinajstić information content (AvgIpc) is 2.74. The molecule has 3 N–H and O–H groups in total. The van der Waals surface area contributed by atoms with Crippen LogP contribution in [-0.4, -0.2) is 23.1 Å². The van der Waals surface area contributed by atoms with Crippen molar-refractivity contribution in [2.24, 2.45) is 5.84 Å². The highest BCUT2D eigenvalue weighted by atomic mass is 15.4. The summed E-state index contributed by atoms with van der Waals surface area (Å²) in [6.07, 6.45) is 4.50. The van der Waals surface area contributed by atoms with E-state index in [0.29, 0.717) is 5.92 Å². The van der Waals surface area contributed by atoms with E-state index < -0.39 is 0 Å². The van der Waals surface area contributed by atoms with Crippen molar-refractivity contribution in [3.05, 3.63) is 36.0 Å². The molecule has 1 aromatic heterocycles. The summed E-state index contributed by atoms with van der Waals surface area (Å²) < 4.78 is 0. The van der Waals surface area contributed by atoms with Crippen LogP contribution >= 0.6 is 0 Å². The van der Waals surface area contributed by atoms with Crippen LogP contribution in [-0.2, 0) is 0 Å². The molecule has 0 saturated carbocycles. The van der Waals surface area contributed by atoms with Crippen LogP contribution in [0.25, 0.3) is 10.9 Å². The quantitative estimate of drug-likeness (QED) is 0.741. The van der Waals surface area contributed by atoms with Crippen LogP contribution in [0.2, 0.25) is 0 Å². The Labute approximate surface area is 103 Å². The summed E-state index contributed by atoms with van der Waals surface area (Å²) in [5.74, 6) is 6.45. The molecule has 1 aliphatic heterocycles. The molecular weight excluding hydrogens is 210 g/mol. The first kappa shape index (κ1) is 12.1. The molecule has 2 aromatic rings. The number of piperidine rings is 1. The van der Waals surface area contributed by atoms with Crippen molar-refractivity contribution in [1.82, 2.24) is 9.99 Å². The fraction of sp³-hybridized carbons (Fsp3) is 0.429. The van der Waals surface area contributed by atoms with Gasteiger partial charge in [0.25, 0.3) is 0 Å². The lowest BCUT2D eigenvalue weighted by Crippen LogP contribution is -2.38. The Balaban J connectivity index is 0.00000108. The molecule has 0 bridgehead atoms. The number of hydrogen-bond acceptors (Lipinski definition) is 2. The van der Waals surface area contributed by atoms with Gasteiger partial charge >= 0.3 is 0 Å². The molecule has 0 amide bonds. The van der Waals surface area contributed by atoms with Gasteiger partial charge in [0.05, 0.1) is 0 Å². The van der Waals surface area contributed by atoms with Crippen LogP contribution in [0, 0.1) is 0 Å². The highest BCUT2D eigenvalue weighted by Crippen LogP contribution is 2.32. The number of fused-ring (bicyclic) bond motifs is 1. The van der Waals surface area contributed by atoms with Crippen LogP contribution in [0.1, 0.15) is 31.7 Å². The molecule has 1 aromatic carbocycles. The predicted molar refractivity (Wildman–Crippen MR) is 72.8 cm³/mol. The number of aromatic nitrogens is 1. The monoisotopic (exact) mass is 231 g/mol. The third kappa shape index (κ3) is 2.21. The molecule has 0 radical (unpaired) electrons. The molecule has 1 aliphatic rings. The Hall–Kier alpha value is -1.32. The molecule has 3 rings (SSSR count). The largest absolute Gasteiger partial charge is 0.361 e. The molecule has 0 unspecified atom stereocenters. The summed E-state index contributed by atoms with van der Waals surface area (Å²) in [5.41, 5.74) is 2.70. The topological polar surface area (TPSA) is 45.0 Å². The average molecular weight is 231 g/mol. The van der Waals surface area contributed by atoms with E-state index in [1.807, 2.05) is 5.01 Å². The standard InChI is InChI=1S/C13H17N3.CH4/c14-16-7-5-10(6-8-16)12-9-15-13-4-2-1-3-11(12)13;/h1-4,9-10,15H,5-8,14H2;1H4. The highest BCUT2D eigenvalue weighted by molar-refractivity contribution is 5.83. The van der Waals surface area contributed by atoms with Crippen molar-refractivity contribution in [3.8, 4) is 0 Å². The van der Waals surface area contributed by atoms with Gasteiger partial charge in [-0.15, -0.1) is 0 Å². The number of aromatic amines is 1. The molecule has 92 valence electrons. The Kier molecular flexibility index (Phi) is 3.50. The maximum Gasteiger partial charge on any atom is 0.0456 e. The maximum absolute atomic E-state index is 5.79. The van der Waals surface area contributed by atoms with Gasteiger partial charge < -0.3 is 4.98 Å². The minimum Gasteiger partial charge on any atom is -0.361 e. The van der Waals surface area contributed by atoms with E-state index in [2.05, 4.69) is 35.4 Å². The minimum atomic E-state index is 0. The molecule has 1 saturated heterocycles. The summed E-state index contributed by atoms with van der Waals surface area (Å²) in [6, 6.07) is 8.52. The van der Waals surface area contributed by atoms with Gasteiger partial charge in [-0.05, 0) is 30.4 Å². The summed E-state index contributed by atoms with van der Waals surface area (Å²) in [7, 11) is 0. The van der Waals surface area contributed by atoms with Crippen molar-refractivity contribution in [1.29, 1.82) is 0 Å². The number of nitrogens with one attached hydrogen (secondary N) is 1. The fourth-order valence-electron chi connectivity index (χ4n) is 2.64. The van der Waals surface area contributed by atoms with Gasteiger partial charge in [-0.25, -0.2) is 5.01 Å². The van der Waals surface area contributed by atoms with E-state index in [0.717, 1.165) is 13.1 Å². The van der Waals surface area contributed by atoms with Gasteiger partial charge in [0.15, 0.2) is 0 Å². The third-order valence-corrected chi connectivity index (χ3v) is 3.59. The Morgan fingerprint density at radius 3 is 2.65 bits per heavy atom. The first-order valence-corrected chi connectivity index (χ1v) is 5.90. The molecule has 3 nitrogen and oxygen atoms in total. The third-order valence-electron chi connectivity index (χ3n) is 3.59. The van der Waals surface area contributed by atoms with E-state index in [9.17, 15) is 0 Å². The number of nitrogens with zero attached hydrogens (tertiary/aromatic N) is 1. The SMILES string of the molecule is C.NN1CCC(c2c[nH]c3ccccc23)CC1. The summed E-state index contributed by atoms with van der Waals surface area (Å²) >= 11 is 0. The Morgan fingerprint density at radius 2 is 1.88 bits per heavy atom. The summed E-state index contributed by atoms with van der Waals surface area (Å²) in [6.45, 7) is 2.01. The van der Waals surface area contributed by atoms with Gasteiger partial charge in [0, 0.05) is 30.2 Å². The van der Waals surface area contributed by atoms with Crippen molar-refractivity contribution >= 4 is 10.9 Å². The molecule has 2 heterocycles. The summed E-state index contributed by atoms with van der Waals surface area (Å²) in [4.78, 5) is 3.35. The molecule has 3 heteroatoms. The van der Waals surface area contributed by atoms with E-state index >= 15 is 0 Å².